The van der Waals surface area contributed by atoms with Gasteiger partial charge in [0.1, 0.15) is 0 Å². The van der Waals surface area contributed by atoms with Gasteiger partial charge in [0.2, 0.25) is 5.91 Å². The largest absolute Gasteiger partial charge is 0.353 e. The van der Waals surface area contributed by atoms with Crippen LogP contribution in [-0.4, -0.2) is 42.0 Å². The molecule has 1 saturated heterocycles. The summed E-state index contributed by atoms with van der Waals surface area (Å²) in [5.74, 6) is 0.133. The van der Waals surface area contributed by atoms with E-state index in [4.69, 9.17) is 5.73 Å². The lowest BCUT2D eigenvalue weighted by molar-refractivity contribution is -0.134. The molecule has 4 heteroatoms. The number of rotatable bonds is 4. The van der Waals surface area contributed by atoms with Crippen molar-refractivity contribution in [3.63, 3.8) is 0 Å². The fourth-order valence-electron chi connectivity index (χ4n) is 2.23. The highest BCUT2D eigenvalue weighted by Gasteiger charge is 2.39. The summed E-state index contributed by atoms with van der Waals surface area (Å²) < 4.78 is 0. The van der Waals surface area contributed by atoms with Crippen LogP contribution >= 0.6 is 0 Å². The molecule has 1 amide bonds. The molecular formula is C11H23N3O. The highest BCUT2D eigenvalue weighted by atomic mass is 16.2. The topological polar surface area (TPSA) is 58.4 Å². The van der Waals surface area contributed by atoms with Crippen molar-refractivity contribution in [2.24, 2.45) is 5.73 Å². The van der Waals surface area contributed by atoms with Crippen molar-refractivity contribution in [3.8, 4) is 0 Å². The first-order chi connectivity index (χ1) is 7.03. The summed E-state index contributed by atoms with van der Waals surface area (Å²) in [6.45, 7) is 8.74. The number of nitrogens with one attached hydrogen (secondary N) is 1. The Morgan fingerprint density at radius 3 is 2.80 bits per heavy atom. The van der Waals surface area contributed by atoms with Gasteiger partial charge in [-0.3, -0.25) is 9.69 Å². The summed E-state index contributed by atoms with van der Waals surface area (Å²) in [6.07, 6.45) is 1.81. The smallest absolute Gasteiger partial charge is 0.237 e. The maximum absolute atomic E-state index is 11.7. The van der Waals surface area contributed by atoms with E-state index in [1.165, 1.54) is 0 Å². The molecule has 15 heavy (non-hydrogen) atoms. The van der Waals surface area contributed by atoms with Crippen LogP contribution in [0, 0.1) is 0 Å². The molecule has 4 nitrogen and oxygen atoms in total. The Balaban J connectivity index is 2.80. The van der Waals surface area contributed by atoms with Crippen LogP contribution in [0.2, 0.25) is 0 Å². The van der Waals surface area contributed by atoms with Gasteiger partial charge in [-0.15, -0.1) is 0 Å². The number of nitrogens with zero attached hydrogens (tertiary/aromatic N) is 1. The van der Waals surface area contributed by atoms with E-state index < -0.39 is 0 Å². The summed E-state index contributed by atoms with van der Waals surface area (Å²) in [5, 5.41) is 2.96. The van der Waals surface area contributed by atoms with Crippen LogP contribution < -0.4 is 11.1 Å². The molecule has 1 rings (SSSR count). The van der Waals surface area contributed by atoms with E-state index in [2.05, 4.69) is 31.0 Å². The zero-order chi connectivity index (χ0) is 11.5. The second kappa shape index (κ2) is 4.94. The van der Waals surface area contributed by atoms with Crippen molar-refractivity contribution in [3.05, 3.63) is 0 Å². The highest BCUT2D eigenvalue weighted by Crippen LogP contribution is 2.23. The third-order valence-corrected chi connectivity index (χ3v) is 3.06. The monoisotopic (exact) mass is 213 g/mol. The number of piperazine rings is 1. The Labute approximate surface area is 92.2 Å². The van der Waals surface area contributed by atoms with Gasteiger partial charge >= 0.3 is 0 Å². The van der Waals surface area contributed by atoms with Crippen molar-refractivity contribution in [1.82, 2.24) is 10.2 Å². The molecule has 0 aromatic rings. The quantitative estimate of drug-likeness (QED) is 0.707. The molecule has 3 N–H and O–H groups in total. The van der Waals surface area contributed by atoms with Gasteiger partial charge in [0.25, 0.3) is 0 Å². The predicted octanol–water partition coefficient (Wildman–Crippen LogP) is 0.324. The molecule has 1 atom stereocenters. The maximum Gasteiger partial charge on any atom is 0.237 e. The van der Waals surface area contributed by atoms with Crippen LogP contribution in [0.1, 0.15) is 33.6 Å². The summed E-state index contributed by atoms with van der Waals surface area (Å²) in [4.78, 5) is 14.0. The van der Waals surface area contributed by atoms with E-state index in [1.807, 2.05) is 0 Å². The number of nitrogens with two attached hydrogens (primary N) is 1. The summed E-state index contributed by atoms with van der Waals surface area (Å²) in [6, 6.07) is -0.0429. The van der Waals surface area contributed by atoms with Gasteiger partial charge in [-0.1, -0.05) is 6.92 Å². The molecule has 0 bridgehead atoms. The summed E-state index contributed by atoms with van der Waals surface area (Å²) in [7, 11) is 0. The zero-order valence-corrected chi connectivity index (χ0v) is 10.0. The second-order valence-corrected chi connectivity index (χ2v) is 4.82. The van der Waals surface area contributed by atoms with Crippen molar-refractivity contribution in [1.29, 1.82) is 0 Å². The van der Waals surface area contributed by atoms with Gasteiger partial charge in [0.15, 0.2) is 0 Å². The Morgan fingerprint density at radius 1 is 1.60 bits per heavy atom. The number of amides is 1. The van der Waals surface area contributed by atoms with Gasteiger partial charge in [-0.05, 0) is 39.8 Å². The van der Waals surface area contributed by atoms with E-state index >= 15 is 0 Å². The molecule has 88 valence electrons. The van der Waals surface area contributed by atoms with Crippen molar-refractivity contribution in [2.45, 2.75) is 45.2 Å². The van der Waals surface area contributed by atoms with Crippen molar-refractivity contribution < 1.29 is 4.79 Å². The number of hydrogen-bond acceptors (Lipinski definition) is 3. The number of hydrogen-bond donors (Lipinski definition) is 2. The Bertz CT molecular complexity index is 228. The lowest BCUT2D eigenvalue weighted by atomic mass is 9.94. The van der Waals surface area contributed by atoms with Gasteiger partial charge in [-0.2, -0.15) is 0 Å². The zero-order valence-electron chi connectivity index (χ0n) is 10.0. The molecule has 0 aromatic heterocycles. The van der Waals surface area contributed by atoms with Crippen LogP contribution in [-0.2, 0) is 4.79 Å². The Kier molecular flexibility index (Phi) is 4.11. The SMILES string of the molecule is CCCN1C(CCN)C(=O)NCC1(C)C. The third kappa shape index (κ3) is 2.69. The van der Waals surface area contributed by atoms with Crippen LogP contribution in [0.15, 0.2) is 0 Å². The molecule has 1 fully saturated rings. The molecule has 1 aliphatic rings. The Hall–Kier alpha value is -0.610. The van der Waals surface area contributed by atoms with Crippen molar-refractivity contribution >= 4 is 5.91 Å². The third-order valence-electron chi connectivity index (χ3n) is 3.06. The fraction of sp³-hybridized carbons (Fsp3) is 0.909. The highest BCUT2D eigenvalue weighted by molar-refractivity contribution is 5.82. The minimum atomic E-state index is -0.0429. The van der Waals surface area contributed by atoms with Crippen LogP contribution in [0.3, 0.4) is 0 Å². The fourth-order valence-corrected chi connectivity index (χ4v) is 2.23. The molecular weight excluding hydrogens is 190 g/mol. The van der Waals surface area contributed by atoms with Crippen LogP contribution in [0.5, 0.6) is 0 Å². The molecule has 1 aliphatic heterocycles. The lowest BCUT2D eigenvalue weighted by Crippen LogP contribution is -2.65. The van der Waals surface area contributed by atoms with E-state index in [1.54, 1.807) is 0 Å². The van der Waals surface area contributed by atoms with Gasteiger partial charge in [0, 0.05) is 12.1 Å². The molecule has 1 unspecified atom stereocenters. The number of carbonyl (C=O) groups excluding carboxylic acids is 1. The van der Waals surface area contributed by atoms with E-state index in [9.17, 15) is 4.79 Å². The standard InChI is InChI=1S/C11H23N3O/c1-4-7-14-9(5-6-12)10(15)13-8-11(14,2)3/h9H,4-8,12H2,1-3H3,(H,13,15). The molecule has 0 aliphatic carbocycles. The van der Waals surface area contributed by atoms with E-state index in [0.717, 1.165) is 25.9 Å². The molecule has 0 radical (unpaired) electrons. The lowest BCUT2D eigenvalue weighted by Gasteiger charge is -2.47. The first-order valence-corrected chi connectivity index (χ1v) is 5.77. The van der Waals surface area contributed by atoms with Crippen LogP contribution in [0.25, 0.3) is 0 Å². The predicted molar refractivity (Wildman–Crippen MR) is 61.5 cm³/mol. The first-order valence-electron chi connectivity index (χ1n) is 5.77. The van der Waals surface area contributed by atoms with E-state index in [0.29, 0.717) is 6.54 Å². The molecule has 0 saturated carbocycles. The molecule has 0 aromatic carbocycles. The van der Waals surface area contributed by atoms with Crippen molar-refractivity contribution in [2.75, 3.05) is 19.6 Å². The normalized spacial score (nSPS) is 26.4. The van der Waals surface area contributed by atoms with Gasteiger partial charge in [0.05, 0.1) is 6.04 Å². The average molecular weight is 213 g/mol. The first kappa shape index (κ1) is 12.5. The second-order valence-electron chi connectivity index (χ2n) is 4.82. The minimum Gasteiger partial charge on any atom is -0.353 e. The summed E-state index contributed by atoms with van der Waals surface area (Å²) in [5.41, 5.74) is 5.61. The van der Waals surface area contributed by atoms with Crippen LogP contribution in [0.4, 0.5) is 0 Å². The minimum absolute atomic E-state index is 0.0429. The van der Waals surface area contributed by atoms with E-state index in [-0.39, 0.29) is 17.5 Å². The summed E-state index contributed by atoms with van der Waals surface area (Å²) >= 11 is 0. The maximum atomic E-state index is 11.7. The molecule has 0 spiro atoms. The van der Waals surface area contributed by atoms with Gasteiger partial charge in [-0.25, -0.2) is 0 Å². The number of carbonyl (C=O) groups is 1. The van der Waals surface area contributed by atoms with Gasteiger partial charge < -0.3 is 11.1 Å². The molecule has 1 heterocycles. The Morgan fingerprint density at radius 2 is 2.27 bits per heavy atom. The average Bonchev–Trinajstić information content (AvgIpc) is 2.18.